The maximum atomic E-state index is 12.8. The molecule has 0 spiro atoms. The third-order valence-electron chi connectivity index (χ3n) is 4.65. The number of benzene rings is 2. The molecule has 150 valence electrons. The molecule has 0 fully saturated rings. The van der Waals surface area contributed by atoms with E-state index < -0.39 is 19.3 Å². The number of nitrogens with zero attached hydrogens (tertiary/aromatic N) is 1. The van der Waals surface area contributed by atoms with Crippen LogP contribution in [0, 0.1) is 0 Å². The van der Waals surface area contributed by atoms with Crippen LogP contribution in [-0.4, -0.2) is 48.0 Å². The Balaban J connectivity index is 1.67. The number of pyridine rings is 1. The van der Waals surface area contributed by atoms with Crippen LogP contribution < -0.4 is 15.8 Å². The molecular formula is C22H25N3O3P+. The number of hydrogen-bond acceptors (Lipinski definition) is 5. The first kappa shape index (κ1) is 20.9. The van der Waals surface area contributed by atoms with Gasteiger partial charge in [-0.15, -0.1) is 0 Å². The van der Waals surface area contributed by atoms with Crippen molar-refractivity contribution in [3.05, 3.63) is 66.5 Å². The molecule has 0 aliphatic heterocycles. The second-order valence-electron chi connectivity index (χ2n) is 6.83. The van der Waals surface area contributed by atoms with Crippen molar-refractivity contribution in [2.45, 2.75) is 11.8 Å². The van der Waals surface area contributed by atoms with Gasteiger partial charge >= 0.3 is 0 Å². The molecule has 3 aromatic rings. The molecule has 3 unspecified atom stereocenters. The number of anilines is 1. The minimum Gasteiger partial charge on any atom is -0.486 e. The van der Waals surface area contributed by atoms with Gasteiger partial charge in [0.1, 0.15) is 13.3 Å². The van der Waals surface area contributed by atoms with Gasteiger partial charge in [-0.25, -0.2) is 0 Å². The summed E-state index contributed by atoms with van der Waals surface area (Å²) in [7, 11) is -0.714. The van der Waals surface area contributed by atoms with E-state index in [1.807, 2.05) is 43.1 Å². The van der Waals surface area contributed by atoms with Crippen molar-refractivity contribution in [3.8, 4) is 5.75 Å². The summed E-state index contributed by atoms with van der Waals surface area (Å²) in [6, 6.07) is 14.8. The molecule has 29 heavy (non-hydrogen) atoms. The molecule has 4 N–H and O–H groups in total. The molecule has 1 aromatic heterocycles. The number of carbonyl (C=O) groups is 1. The first-order valence-electron chi connectivity index (χ1n) is 9.27. The first-order valence-corrected chi connectivity index (χ1v) is 11.3. The number of carbonyl (C=O) groups excluding carboxylic acids is 1. The van der Waals surface area contributed by atoms with Crippen LogP contribution in [0.2, 0.25) is 0 Å². The number of nitrogens with one attached hydrogen (secondary N) is 1. The summed E-state index contributed by atoms with van der Waals surface area (Å²) < 4.78 is 5.58. The summed E-state index contributed by atoms with van der Waals surface area (Å²) in [6.07, 6.45) is 7.35. The van der Waals surface area contributed by atoms with Crippen LogP contribution in [-0.2, 0) is 4.79 Å². The molecule has 3 atom stereocenters. The van der Waals surface area contributed by atoms with Crippen LogP contribution in [0.3, 0.4) is 0 Å². The fourth-order valence-corrected chi connectivity index (χ4v) is 3.21. The monoisotopic (exact) mass is 410 g/mol. The molecule has 0 aliphatic rings. The highest BCUT2D eigenvalue weighted by Crippen LogP contribution is 2.24. The molecular weight excluding hydrogens is 385 g/mol. The van der Waals surface area contributed by atoms with E-state index in [2.05, 4.69) is 16.6 Å². The fourth-order valence-electron chi connectivity index (χ4n) is 2.88. The van der Waals surface area contributed by atoms with Gasteiger partial charge in [-0.2, -0.15) is 0 Å². The summed E-state index contributed by atoms with van der Waals surface area (Å²) >= 11 is 0. The lowest BCUT2D eigenvalue weighted by atomic mass is 9.98. The van der Waals surface area contributed by atoms with E-state index in [0.29, 0.717) is 11.4 Å². The molecule has 0 radical (unpaired) electrons. The van der Waals surface area contributed by atoms with Gasteiger partial charge in [0.15, 0.2) is 6.61 Å². The Morgan fingerprint density at radius 2 is 2.00 bits per heavy atom. The van der Waals surface area contributed by atoms with E-state index in [-0.39, 0.29) is 19.1 Å². The quantitative estimate of drug-likeness (QED) is 0.496. The molecule has 0 bridgehead atoms. The smallest absolute Gasteiger partial charge is 0.246 e. The number of aliphatic hydroxyl groups excluding tert-OH is 1. The van der Waals surface area contributed by atoms with Gasteiger partial charge in [0.05, 0.1) is 18.9 Å². The van der Waals surface area contributed by atoms with Crippen molar-refractivity contribution in [1.82, 2.24) is 4.98 Å². The second kappa shape index (κ2) is 9.61. The molecule has 0 saturated carbocycles. The Bertz CT molecular complexity index is 1010. The van der Waals surface area contributed by atoms with Crippen molar-refractivity contribution in [3.63, 3.8) is 0 Å². The Kier molecular flexibility index (Phi) is 6.94. The maximum absolute atomic E-state index is 12.8. The zero-order valence-corrected chi connectivity index (χ0v) is 17.2. The number of fused-ring (bicyclic) bond motifs is 1. The molecule has 0 aliphatic carbocycles. The van der Waals surface area contributed by atoms with Gasteiger partial charge in [-0.05, 0) is 41.3 Å². The average Bonchev–Trinajstić information content (AvgIpc) is 2.73. The lowest BCUT2D eigenvalue weighted by Gasteiger charge is -2.16. The Morgan fingerprint density at radius 3 is 2.69 bits per heavy atom. The van der Waals surface area contributed by atoms with E-state index in [0.717, 1.165) is 16.3 Å². The minimum atomic E-state index is -0.714. The zero-order valence-electron chi connectivity index (χ0n) is 16.3. The van der Waals surface area contributed by atoms with Crippen LogP contribution in [0.4, 0.5) is 5.69 Å². The minimum absolute atomic E-state index is 0.168. The summed E-state index contributed by atoms with van der Waals surface area (Å²) in [5.41, 5.74) is 7.40. The van der Waals surface area contributed by atoms with Crippen molar-refractivity contribution >= 4 is 36.2 Å². The first-order chi connectivity index (χ1) is 14.0. The van der Waals surface area contributed by atoms with Crippen molar-refractivity contribution in [2.24, 2.45) is 5.73 Å². The normalized spacial score (nSPS) is 13.6. The van der Waals surface area contributed by atoms with Crippen LogP contribution >= 0.6 is 7.55 Å². The number of aliphatic hydroxyl groups is 1. The van der Waals surface area contributed by atoms with Gasteiger partial charge in [-0.1, -0.05) is 18.2 Å². The van der Waals surface area contributed by atoms with E-state index in [1.165, 1.54) is 0 Å². The van der Waals surface area contributed by atoms with Crippen molar-refractivity contribution in [2.75, 3.05) is 25.1 Å². The van der Waals surface area contributed by atoms with Crippen LogP contribution in [0.15, 0.2) is 60.9 Å². The number of ether oxygens (including phenoxy) is 1. The highest BCUT2D eigenvalue weighted by Gasteiger charge is 2.20. The van der Waals surface area contributed by atoms with Gasteiger partial charge in [-0.3, -0.25) is 9.78 Å². The highest BCUT2D eigenvalue weighted by atomic mass is 31.1. The summed E-state index contributed by atoms with van der Waals surface area (Å²) in [5, 5.41) is 14.8. The van der Waals surface area contributed by atoms with E-state index in [1.54, 1.807) is 24.5 Å². The molecule has 7 heteroatoms. The van der Waals surface area contributed by atoms with Crippen LogP contribution in [0.25, 0.3) is 10.8 Å². The number of aromatic nitrogens is 1. The lowest BCUT2D eigenvalue weighted by molar-refractivity contribution is -0.117. The summed E-state index contributed by atoms with van der Waals surface area (Å²) in [6.45, 7) is 2.27. The predicted molar refractivity (Wildman–Crippen MR) is 120 cm³/mol. The van der Waals surface area contributed by atoms with Gasteiger partial charge in [0, 0.05) is 30.0 Å². The fraction of sp³-hybridized carbons (Fsp3) is 0.227. The lowest BCUT2D eigenvalue weighted by Crippen LogP contribution is -2.27. The van der Waals surface area contributed by atoms with Crippen molar-refractivity contribution < 1.29 is 14.6 Å². The van der Waals surface area contributed by atoms with E-state index in [4.69, 9.17) is 10.5 Å². The number of amides is 1. The standard InChI is InChI=1S/C22H24N3O3P/c1-29(2)21(26)14-28-19-7-4-15(5-8-19)20(12-23)22(27)25-18-6-3-17-13-24-10-9-16(17)11-18/h3-11,13,20-21,26H,1,12,14,23H2,2H3/p+1. The topological polar surface area (TPSA) is 97.5 Å². The largest absolute Gasteiger partial charge is 0.486 e. The molecule has 0 saturated heterocycles. The Morgan fingerprint density at radius 1 is 1.24 bits per heavy atom. The van der Waals surface area contributed by atoms with Gasteiger partial charge in [0.25, 0.3) is 0 Å². The predicted octanol–water partition coefficient (Wildman–Crippen LogP) is 3.16. The number of rotatable bonds is 8. The van der Waals surface area contributed by atoms with Crippen LogP contribution in [0.1, 0.15) is 11.5 Å². The SMILES string of the molecule is C=[P+](C)C(O)COc1ccc(C(CN)C(=O)Nc2ccc3cnccc3c2)cc1. The summed E-state index contributed by atoms with van der Waals surface area (Å²) in [4.78, 5) is 16.9. The highest BCUT2D eigenvalue weighted by molar-refractivity contribution is 7.55. The number of hydrogen-bond donors (Lipinski definition) is 3. The Hall–Kier alpha value is -2.79. The van der Waals surface area contributed by atoms with E-state index in [9.17, 15) is 9.90 Å². The number of nitrogens with two attached hydrogens (primary N) is 1. The van der Waals surface area contributed by atoms with Gasteiger partial charge in [0.2, 0.25) is 11.8 Å². The van der Waals surface area contributed by atoms with Gasteiger partial charge < -0.3 is 20.9 Å². The molecule has 1 amide bonds. The molecule has 6 nitrogen and oxygen atoms in total. The Labute approximate surface area is 171 Å². The maximum Gasteiger partial charge on any atom is 0.246 e. The van der Waals surface area contributed by atoms with Crippen LogP contribution in [0.5, 0.6) is 5.75 Å². The van der Waals surface area contributed by atoms with Crippen molar-refractivity contribution in [1.29, 1.82) is 0 Å². The zero-order chi connectivity index (χ0) is 20.8. The second-order valence-corrected chi connectivity index (χ2v) is 8.94. The molecule has 2 aromatic carbocycles. The third-order valence-corrected chi connectivity index (χ3v) is 5.82. The summed E-state index contributed by atoms with van der Waals surface area (Å²) in [5.74, 6) is -0.585. The molecule has 3 rings (SSSR count). The molecule has 1 heterocycles. The third kappa shape index (κ3) is 5.39. The van der Waals surface area contributed by atoms with E-state index >= 15 is 0 Å². The average molecular weight is 410 g/mol.